The van der Waals surface area contributed by atoms with Gasteiger partial charge in [0.1, 0.15) is 12.2 Å². The van der Waals surface area contributed by atoms with E-state index in [-0.39, 0.29) is 17.7 Å². The first-order valence-corrected chi connectivity index (χ1v) is 10.9. The number of benzene rings is 3. The number of methoxy groups -OCH3 is 1. The third-order valence-electron chi connectivity index (χ3n) is 5.06. The Morgan fingerprint density at radius 3 is 2.44 bits per heavy atom. The minimum Gasteiger partial charge on any atom is -0.493 e. The van der Waals surface area contributed by atoms with Crippen molar-refractivity contribution in [1.29, 1.82) is 0 Å². The number of carboxylic acid groups (broad SMARTS) is 1. The maximum Gasteiger partial charge on any atom is 0.335 e. The number of carbonyl (C=O) groups excluding carboxylic acids is 2. The highest BCUT2D eigenvalue weighted by atomic mass is 79.9. The number of hydrogen-bond donors (Lipinski definition) is 2. The normalized spacial score (nSPS) is 14.3. The number of ether oxygens (including phenoxy) is 2. The second-order valence-corrected chi connectivity index (χ2v) is 8.21. The summed E-state index contributed by atoms with van der Waals surface area (Å²) < 4.78 is 12.1. The Labute approximate surface area is 203 Å². The van der Waals surface area contributed by atoms with E-state index in [2.05, 4.69) is 21.4 Å². The van der Waals surface area contributed by atoms with Crippen LogP contribution in [0.4, 0.5) is 5.69 Å². The highest BCUT2D eigenvalue weighted by molar-refractivity contribution is 9.10. The smallest absolute Gasteiger partial charge is 0.335 e. The van der Waals surface area contributed by atoms with Gasteiger partial charge in [-0.3, -0.25) is 15.0 Å². The zero-order valence-corrected chi connectivity index (χ0v) is 19.5. The van der Waals surface area contributed by atoms with E-state index in [4.69, 9.17) is 14.6 Å². The molecule has 3 aromatic carbocycles. The van der Waals surface area contributed by atoms with Crippen LogP contribution in [0.3, 0.4) is 0 Å². The first kappa shape index (κ1) is 23.1. The molecule has 4 rings (SSSR count). The average molecular weight is 523 g/mol. The molecule has 0 aromatic heterocycles. The number of hydrogen-bond acceptors (Lipinski definition) is 5. The van der Waals surface area contributed by atoms with Crippen molar-refractivity contribution >= 4 is 45.5 Å². The van der Waals surface area contributed by atoms with Gasteiger partial charge in [-0.2, -0.15) is 0 Å². The number of aromatic carboxylic acids is 1. The Morgan fingerprint density at radius 1 is 1.09 bits per heavy atom. The molecular formula is C25H19BrN2O6. The zero-order chi connectivity index (χ0) is 24.2. The molecule has 34 heavy (non-hydrogen) atoms. The summed E-state index contributed by atoms with van der Waals surface area (Å²) in [5.41, 5.74) is 4.42. The molecule has 0 radical (unpaired) electrons. The van der Waals surface area contributed by atoms with Gasteiger partial charge in [-0.25, -0.2) is 9.80 Å². The molecule has 3 aromatic rings. The lowest BCUT2D eigenvalue weighted by molar-refractivity contribution is -0.117. The monoisotopic (exact) mass is 522 g/mol. The first-order valence-electron chi connectivity index (χ1n) is 10.1. The van der Waals surface area contributed by atoms with Gasteiger partial charge >= 0.3 is 5.97 Å². The molecule has 0 aliphatic carbocycles. The van der Waals surface area contributed by atoms with E-state index in [0.29, 0.717) is 27.2 Å². The molecule has 0 spiro atoms. The summed E-state index contributed by atoms with van der Waals surface area (Å²) in [6.07, 6.45) is 1.46. The predicted octanol–water partition coefficient (Wildman–Crippen LogP) is 4.20. The molecule has 172 valence electrons. The molecule has 2 N–H and O–H groups in total. The van der Waals surface area contributed by atoms with Crippen LogP contribution in [0, 0.1) is 0 Å². The van der Waals surface area contributed by atoms with E-state index >= 15 is 0 Å². The van der Waals surface area contributed by atoms with Gasteiger partial charge in [-0.15, -0.1) is 0 Å². The van der Waals surface area contributed by atoms with Crippen LogP contribution in [-0.2, 0) is 16.2 Å². The third-order valence-corrected chi connectivity index (χ3v) is 5.52. The average Bonchev–Trinajstić information content (AvgIpc) is 3.12. The van der Waals surface area contributed by atoms with Crippen LogP contribution in [0.5, 0.6) is 11.5 Å². The molecule has 9 heteroatoms. The lowest BCUT2D eigenvalue weighted by atomic mass is 10.1. The Bertz CT molecular complexity index is 1290. The van der Waals surface area contributed by atoms with Gasteiger partial charge in [0.05, 0.1) is 18.4 Å². The number of halogens is 1. The molecule has 0 atom stereocenters. The molecule has 1 fully saturated rings. The van der Waals surface area contributed by atoms with Crippen molar-refractivity contribution in [3.8, 4) is 11.5 Å². The van der Waals surface area contributed by atoms with Crippen molar-refractivity contribution in [2.45, 2.75) is 6.61 Å². The summed E-state index contributed by atoms with van der Waals surface area (Å²) in [6, 6.07) is 18.5. The number of carbonyl (C=O) groups is 3. The second kappa shape index (κ2) is 9.80. The predicted molar refractivity (Wildman–Crippen MR) is 128 cm³/mol. The molecular weight excluding hydrogens is 504 g/mol. The Hall–Kier alpha value is -4.11. The number of rotatable bonds is 7. The Kier molecular flexibility index (Phi) is 6.65. The quantitative estimate of drug-likeness (QED) is 0.356. The minimum absolute atomic E-state index is 0.0559. The van der Waals surface area contributed by atoms with E-state index in [1.807, 2.05) is 6.07 Å². The van der Waals surface area contributed by atoms with Crippen molar-refractivity contribution in [3.05, 3.63) is 93.5 Å². The fourth-order valence-electron chi connectivity index (χ4n) is 3.37. The second-order valence-electron chi connectivity index (χ2n) is 7.29. The molecule has 1 aliphatic heterocycles. The minimum atomic E-state index is -1.01. The number of hydrazine groups is 1. The van der Waals surface area contributed by atoms with Gasteiger partial charge in [0, 0.05) is 10.0 Å². The Morgan fingerprint density at radius 2 is 1.79 bits per heavy atom. The molecule has 1 aliphatic rings. The van der Waals surface area contributed by atoms with Crippen molar-refractivity contribution < 1.29 is 29.0 Å². The van der Waals surface area contributed by atoms with E-state index in [9.17, 15) is 14.4 Å². The summed E-state index contributed by atoms with van der Waals surface area (Å²) in [5.74, 6) is -1.32. The van der Waals surface area contributed by atoms with Crippen molar-refractivity contribution in [1.82, 2.24) is 5.43 Å². The molecule has 1 saturated heterocycles. The third kappa shape index (κ3) is 4.79. The van der Waals surface area contributed by atoms with Crippen LogP contribution in [0.1, 0.15) is 21.5 Å². The number of anilines is 1. The van der Waals surface area contributed by atoms with Gasteiger partial charge in [0.15, 0.2) is 11.5 Å². The zero-order valence-electron chi connectivity index (χ0n) is 17.9. The standard InChI is InChI=1S/C25H19BrN2O6/c1-33-21-13-18(26)11-17(22(21)34-14-15-7-9-16(10-8-15)25(31)32)12-20-23(29)27-28(24(20)30)19-5-3-2-4-6-19/h2-13H,14H2,1H3,(H,27,29)(H,31,32)/b20-12-. The number of para-hydroxylation sites is 1. The van der Waals surface area contributed by atoms with Crippen LogP contribution in [0.25, 0.3) is 6.08 Å². The fraction of sp³-hybridized carbons (Fsp3) is 0.0800. The lowest BCUT2D eigenvalue weighted by Crippen LogP contribution is -2.35. The van der Waals surface area contributed by atoms with Crippen LogP contribution in [0.15, 0.2) is 76.8 Å². The first-order chi connectivity index (χ1) is 16.4. The molecule has 1 heterocycles. The summed E-state index contributed by atoms with van der Waals surface area (Å²) >= 11 is 3.42. The van der Waals surface area contributed by atoms with Crippen LogP contribution < -0.4 is 19.9 Å². The molecule has 8 nitrogen and oxygen atoms in total. The maximum absolute atomic E-state index is 13.0. The Balaban J connectivity index is 1.66. The summed E-state index contributed by atoms with van der Waals surface area (Å²) in [7, 11) is 1.48. The van der Waals surface area contributed by atoms with Crippen LogP contribution in [0.2, 0.25) is 0 Å². The van der Waals surface area contributed by atoms with Crippen molar-refractivity contribution in [2.24, 2.45) is 0 Å². The number of amides is 2. The van der Waals surface area contributed by atoms with Gasteiger partial charge in [0.2, 0.25) is 0 Å². The van der Waals surface area contributed by atoms with Crippen molar-refractivity contribution in [2.75, 3.05) is 12.1 Å². The molecule has 0 saturated carbocycles. The molecule has 2 amide bonds. The topological polar surface area (TPSA) is 105 Å². The van der Waals surface area contributed by atoms with E-state index in [1.165, 1.54) is 30.3 Å². The van der Waals surface area contributed by atoms with Gasteiger partial charge < -0.3 is 14.6 Å². The summed E-state index contributed by atoms with van der Waals surface area (Å²) in [5, 5.41) is 10.3. The number of nitrogens with one attached hydrogen (secondary N) is 1. The number of carboxylic acids is 1. The largest absolute Gasteiger partial charge is 0.493 e. The van der Waals surface area contributed by atoms with Crippen LogP contribution >= 0.6 is 15.9 Å². The van der Waals surface area contributed by atoms with E-state index in [1.54, 1.807) is 48.5 Å². The van der Waals surface area contributed by atoms with E-state index in [0.717, 1.165) is 5.56 Å². The SMILES string of the molecule is COc1cc(Br)cc(/C=C2/C(=O)NN(c3ccccc3)C2=O)c1OCc1ccc(C(=O)O)cc1. The van der Waals surface area contributed by atoms with E-state index < -0.39 is 17.8 Å². The maximum atomic E-state index is 13.0. The number of nitrogens with zero attached hydrogens (tertiary/aromatic N) is 1. The van der Waals surface area contributed by atoms with Gasteiger partial charge in [-0.1, -0.05) is 46.3 Å². The van der Waals surface area contributed by atoms with Crippen molar-refractivity contribution in [3.63, 3.8) is 0 Å². The lowest BCUT2D eigenvalue weighted by Gasteiger charge is -2.15. The summed E-state index contributed by atoms with van der Waals surface area (Å²) in [4.78, 5) is 36.7. The summed E-state index contributed by atoms with van der Waals surface area (Å²) in [6.45, 7) is 0.115. The highest BCUT2D eigenvalue weighted by Crippen LogP contribution is 2.37. The van der Waals surface area contributed by atoms with Crippen LogP contribution in [-0.4, -0.2) is 30.0 Å². The molecule has 0 bridgehead atoms. The fourth-order valence-corrected chi connectivity index (χ4v) is 3.83. The molecule has 0 unspecified atom stereocenters. The van der Waals surface area contributed by atoms with Gasteiger partial charge in [-0.05, 0) is 48.0 Å². The van der Waals surface area contributed by atoms with Gasteiger partial charge in [0.25, 0.3) is 11.8 Å². The highest BCUT2D eigenvalue weighted by Gasteiger charge is 2.34.